The highest BCUT2D eigenvalue weighted by molar-refractivity contribution is 5.47. The van der Waals surface area contributed by atoms with Gasteiger partial charge in [-0.15, -0.1) is 15.3 Å². The molecule has 3 aromatic rings. The van der Waals surface area contributed by atoms with E-state index in [2.05, 4.69) is 20.2 Å². The number of benzene rings is 1. The van der Waals surface area contributed by atoms with Gasteiger partial charge in [0.05, 0.1) is 6.04 Å². The van der Waals surface area contributed by atoms with E-state index < -0.39 is 12.6 Å². The van der Waals surface area contributed by atoms with Crippen LogP contribution in [0.25, 0.3) is 5.65 Å². The van der Waals surface area contributed by atoms with E-state index in [1.807, 2.05) is 30.3 Å². The highest BCUT2D eigenvalue weighted by atomic mass is 19.4. The number of anilines is 1. The topological polar surface area (TPSA) is 55.5 Å². The summed E-state index contributed by atoms with van der Waals surface area (Å²) in [6.45, 7) is 1.26. The number of nitrogens with zero attached hydrogens (tertiary/aromatic N) is 5. The number of aromatic nitrogens is 4. The Labute approximate surface area is 153 Å². The lowest BCUT2D eigenvalue weighted by atomic mass is 10.2. The number of fused-ring (bicyclic) bond motifs is 1. The zero-order valence-corrected chi connectivity index (χ0v) is 14.4. The molecule has 0 saturated carbocycles. The summed E-state index contributed by atoms with van der Waals surface area (Å²) in [7, 11) is 0. The molecule has 1 atom stereocenters. The third kappa shape index (κ3) is 3.96. The van der Waals surface area contributed by atoms with Crippen LogP contribution in [0.15, 0.2) is 42.5 Å². The van der Waals surface area contributed by atoms with Crippen molar-refractivity contribution in [3.05, 3.63) is 48.3 Å². The van der Waals surface area contributed by atoms with E-state index in [9.17, 15) is 13.2 Å². The molecule has 1 aliphatic heterocycles. The first-order valence-corrected chi connectivity index (χ1v) is 8.72. The van der Waals surface area contributed by atoms with Gasteiger partial charge in [-0.2, -0.15) is 17.7 Å². The Hall–Kier alpha value is -2.84. The first kappa shape index (κ1) is 17.6. The number of hydrogen-bond donors (Lipinski definition) is 0. The molecular weight excluding hydrogens is 359 g/mol. The summed E-state index contributed by atoms with van der Waals surface area (Å²) in [4.78, 5) is 2.07. The van der Waals surface area contributed by atoms with Crippen LogP contribution in [0.4, 0.5) is 19.0 Å². The molecular formula is C18H18F3N5O. The quantitative estimate of drug-likeness (QED) is 0.683. The normalized spacial score (nSPS) is 17.6. The molecule has 0 amide bonds. The SMILES string of the molecule is FC(F)(F)Cc1nnc2ccc(N3CCC[C@H]3COc3ccccc3)nn12. The number of rotatable bonds is 5. The van der Waals surface area contributed by atoms with Crippen molar-refractivity contribution in [2.45, 2.75) is 31.5 Å². The van der Waals surface area contributed by atoms with Gasteiger partial charge in [-0.25, -0.2) is 0 Å². The van der Waals surface area contributed by atoms with Crippen molar-refractivity contribution in [1.82, 2.24) is 19.8 Å². The molecule has 1 aromatic carbocycles. The van der Waals surface area contributed by atoms with E-state index in [1.54, 1.807) is 12.1 Å². The van der Waals surface area contributed by atoms with Crippen LogP contribution >= 0.6 is 0 Å². The van der Waals surface area contributed by atoms with E-state index in [0.29, 0.717) is 18.1 Å². The molecule has 0 bridgehead atoms. The minimum atomic E-state index is -4.36. The molecule has 1 saturated heterocycles. The number of ether oxygens (including phenoxy) is 1. The number of halogens is 3. The van der Waals surface area contributed by atoms with Crippen molar-refractivity contribution in [3.63, 3.8) is 0 Å². The summed E-state index contributed by atoms with van der Waals surface area (Å²) in [5, 5.41) is 11.8. The second-order valence-electron chi connectivity index (χ2n) is 6.48. The molecule has 6 nitrogen and oxygen atoms in total. The van der Waals surface area contributed by atoms with Crippen LogP contribution in [0.2, 0.25) is 0 Å². The van der Waals surface area contributed by atoms with E-state index in [4.69, 9.17) is 4.74 Å². The lowest BCUT2D eigenvalue weighted by Crippen LogP contribution is -2.35. The van der Waals surface area contributed by atoms with Crippen molar-refractivity contribution in [2.75, 3.05) is 18.1 Å². The van der Waals surface area contributed by atoms with Crippen molar-refractivity contribution in [2.24, 2.45) is 0 Å². The largest absolute Gasteiger partial charge is 0.491 e. The predicted molar refractivity (Wildman–Crippen MR) is 92.8 cm³/mol. The number of hydrogen-bond acceptors (Lipinski definition) is 5. The fourth-order valence-corrected chi connectivity index (χ4v) is 3.29. The Morgan fingerprint density at radius 1 is 1.07 bits per heavy atom. The van der Waals surface area contributed by atoms with E-state index in [0.717, 1.165) is 25.1 Å². The third-order valence-electron chi connectivity index (χ3n) is 4.53. The van der Waals surface area contributed by atoms with Crippen LogP contribution in [-0.4, -0.2) is 45.2 Å². The van der Waals surface area contributed by atoms with Gasteiger partial charge in [-0.05, 0) is 37.1 Å². The highest BCUT2D eigenvalue weighted by Crippen LogP contribution is 2.26. The molecule has 0 radical (unpaired) electrons. The molecule has 0 spiro atoms. The second kappa shape index (κ2) is 7.05. The summed E-state index contributed by atoms with van der Waals surface area (Å²) < 4.78 is 45.2. The van der Waals surface area contributed by atoms with Crippen LogP contribution < -0.4 is 9.64 Å². The fraction of sp³-hybridized carbons (Fsp3) is 0.389. The first-order valence-electron chi connectivity index (χ1n) is 8.72. The molecule has 3 heterocycles. The van der Waals surface area contributed by atoms with Gasteiger partial charge in [-0.3, -0.25) is 0 Å². The standard InChI is InChI=1S/C18H18F3N5O/c19-18(20,21)11-17-23-22-15-8-9-16(24-26(15)17)25-10-4-5-13(25)12-27-14-6-2-1-3-7-14/h1-3,6-9,13H,4-5,10-12H2/t13-/m0/s1. The van der Waals surface area contributed by atoms with Gasteiger partial charge in [0.25, 0.3) is 0 Å². The molecule has 0 N–H and O–H groups in total. The van der Waals surface area contributed by atoms with Gasteiger partial charge >= 0.3 is 6.18 Å². The van der Waals surface area contributed by atoms with Gasteiger partial charge < -0.3 is 9.64 Å². The van der Waals surface area contributed by atoms with E-state index in [1.165, 1.54) is 4.52 Å². The number of para-hydroxylation sites is 1. The Morgan fingerprint density at radius 2 is 1.89 bits per heavy atom. The molecule has 0 unspecified atom stereocenters. The molecule has 1 fully saturated rings. The van der Waals surface area contributed by atoms with Crippen molar-refractivity contribution in [1.29, 1.82) is 0 Å². The molecule has 142 valence electrons. The van der Waals surface area contributed by atoms with Gasteiger partial charge in [0.15, 0.2) is 11.5 Å². The maximum absolute atomic E-state index is 12.7. The van der Waals surface area contributed by atoms with Gasteiger partial charge in [0.1, 0.15) is 24.6 Å². The number of alkyl halides is 3. The van der Waals surface area contributed by atoms with Crippen molar-refractivity contribution in [3.8, 4) is 5.75 Å². The molecule has 9 heteroatoms. The van der Waals surface area contributed by atoms with Gasteiger partial charge in [0, 0.05) is 6.54 Å². The van der Waals surface area contributed by atoms with Crippen molar-refractivity contribution < 1.29 is 17.9 Å². The van der Waals surface area contributed by atoms with E-state index in [-0.39, 0.29) is 11.9 Å². The fourth-order valence-electron chi connectivity index (χ4n) is 3.29. The summed E-state index contributed by atoms with van der Waals surface area (Å²) in [5.41, 5.74) is 0.300. The minimum Gasteiger partial charge on any atom is -0.491 e. The molecule has 2 aromatic heterocycles. The lowest BCUT2D eigenvalue weighted by Gasteiger charge is -2.25. The maximum Gasteiger partial charge on any atom is 0.396 e. The average molecular weight is 377 g/mol. The Balaban J connectivity index is 1.54. The van der Waals surface area contributed by atoms with Crippen LogP contribution in [0, 0.1) is 0 Å². The highest BCUT2D eigenvalue weighted by Gasteiger charge is 2.31. The van der Waals surface area contributed by atoms with Crippen LogP contribution in [0.5, 0.6) is 5.75 Å². The van der Waals surface area contributed by atoms with Gasteiger partial charge in [0.2, 0.25) is 0 Å². The maximum atomic E-state index is 12.7. The average Bonchev–Trinajstić information content (AvgIpc) is 3.26. The zero-order chi connectivity index (χ0) is 18.9. The smallest absolute Gasteiger partial charge is 0.396 e. The second-order valence-corrected chi connectivity index (χ2v) is 6.48. The summed E-state index contributed by atoms with van der Waals surface area (Å²) in [6.07, 6.45) is -3.62. The zero-order valence-electron chi connectivity index (χ0n) is 14.4. The molecule has 4 rings (SSSR count). The summed E-state index contributed by atoms with van der Waals surface area (Å²) in [6, 6.07) is 13.0. The van der Waals surface area contributed by atoms with E-state index >= 15 is 0 Å². The summed E-state index contributed by atoms with van der Waals surface area (Å²) in [5.74, 6) is 1.18. The predicted octanol–water partition coefficient (Wildman–Crippen LogP) is 3.28. The third-order valence-corrected chi connectivity index (χ3v) is 4.53. The van der Waals surface area contributed by atoms with Crippen LogP contribution in [0.3, 0.4) is 0 Å². The Morgan fingerprint density at radius 3 is 2.67 bits per heavy atom. The monoisotopic (exact) mass is 377 g/mol. The summed E-state index contributed by atoms with van der Waals surface area (Å²) >= 11 is 0. The van der Waals surface area contributed by atoms with Gasteiger partial charge in [-0.1, -0.05) is 18.2 Å². The molecule has 1 aliphatic rings. The lowest BCUT2D eigenvalue weighted by molar-refractivity contribution is -0.128. The van der Waals surface area contributed by atoms with Crippen LogP contribution in [-0.2, 0) is 6.42 Å². The molecule has 0 aliphatic carbocycles. The Kier molecular flexibility index (Phi) is 4.59. The first-order chi connectivity index (χ1) is 13.0. The van der Waals surface area contributed by atoms with Crippen LogP contribution in [0.1, 0.15) is 18.7 Å². The minimum absolute atomic E-state index is 0.109. The van der Waals surface area contributed by atoms with Crippen molar-refractivity contribution >= 4 is 11.5 Å². The molecule has 27 heavy (non-hydrogen) atoms. The Bertz CT molecular complexity index is 912.